The van der Waals surface area contributed by atoms with Gasteiger partial charge in [0.05, 0.1) is 0 Å². The molecule has 2 nitrogen and oxygen atoms in total. The fraction of sp³-hybridized carbons (Fsp3) is 0.320. The van der Waals surface area contributed by atoms with Gasteiger partial charge in [-0.15, -0.1) is 0 Å². The van der Waals surface area contributed by atoms with Gasteiger partial charge in [-0.2, -0.15) is 0 Å². The summed E-state index contributed by atoms with van der Waals surface area (Å²) in [6.45, 7) is 8.05. The van der Waals surface area contributed by atoms with E-state index in [0.29, 0.717) is 36.1 Å². The Kier molecular flexibility index (Phi) is 6.60. The van der Waals surface area contributed by atoms with Gasteiger partial charge in [0, 0.05) is 0 Å². The molecule has 2 aromatic carbocycles. The molecule has 0 atom stereocenters. The second-order valence-electron chi connectivity index (χ2n) is 8.12. The van der Waals surface area contributed by atoms with Gasteiger partial charge in [0.15, 0.2) is 0 Å². The minimum absolute atomic E-state index is 0.469. The molecular formula is C25H27BF3N2. The summed E-state index contributed by atoms with van der Waals surface area (Å²) < 4.78 is 41.0. The van der Waals surface area contributed by atoms with Crippen LogP contribution in [0.3, 0.4) is 0 Å². The third kappa shape index (κ3) is 5.01. The third-order valence-corrected chi connectivity index (χ3v) is 5.94. The molecule has 0 saturated heterocycles. The van der Waals surface area contributed by atoms with E-state index in [0.717, 1.165) is 22.3 Å². The predicted octanol–water partition coefficient (Wildman–Crippen LogP) is 5.33. The Morgan fingerprint density at radius 2 is 1.84 bits per heavy atom. The number of allylic oxidation sites excluding steroid dienone is 3. The zero-order chi connectivity index (χ0) is 22.8. The molecule has 2 N–H and O–H groups in total. The Hall–Kier alpha value is -2.60. The van der Waals surface area contributed by atoms with E-state index in [1.54, 1.807) is 6.08 Å². The van der Waals surface area contributed by atoms with Gasteiger partial charge in [-0.05, 0) is 0 Å². The first-order valence-corrected chi connectivity index (χ1v) is 10.3. The average molecular weight is 423 g/mol. The van der Waals surface area contributed by atoms with Crippen LogP contribution in [0.2, 0.25) is 0 Å². The van der Waals surface area contributed by atoms with Crippen molar-refractivity contribution in [1.82, 2.24) is 10.6 Å². The van der Waals surface area contributed by atoms with Crippen molar-refractivity contribution in [3.63, 3.8) is 0 Å². The summed E-state index contributed by atoms with van der Waals surface area (Å²) in [5.74, 6) is 0. The van der Waals surface area contributed by atoms with E-state index < -0.39 is 17.3 Å². The van der Waals surface area contributed by atoms with E-state index in [9.17, 15) is 13.2 Å². The van der Waals surface area contributed by atoms with Gasteiger partial charge in [0.25, 0.3) is 0 Å². The van der Waals surface area contributed by atoms with Crippen molar-refractivity contribution in [2.45, 2.75) is 44.9 Å². The summed E-state index contributed by atoms with van der Waals surface area (Å²) in [5, 5.41) is 6.46. The molecule has 0 heterocycles. The van der Waals surface area contributed by atoms with Crippen molar-refractivity contribution >= 4 is 18.6 Å². The molecule has 0 aliphatic heterocycles. The van der Waals surface area contributed by atoms with Crippen molar-refractivity contribution in [1.29, 1.82) is 0 Å². The molecular weight excluding hydrogens is 396 g/mol. The number of benzene rings is 2. The van der Waals surface area contributed by atoms with E-state index in [1.807, 2.05) is 51.2 Å². The van der Waals surface area contributed by atoms with Crippen LogP contribution in [-0.2, 0) is 18.3 Å². The number of hydrogen-bond donors (Lipinski definition) is 2. The number of alkyl halides is 3. The standard InChI is InChI=1S/C25H27BF3N2/c1-5-16(2)17(3)19-12-20(14-21(13-19)25(27,28)29)24(10-11-24)31-23(26)22-9-7-6-8-18(22)15-30-4/h5-9,12-14,30-31H,1,10-11,15H2,2-4H3/b17-16+. The Morgan fingerprint density at radius 1 is 1.16 bits per heavy atom. The molecule has 0 spiro atoms. The molecule has 0 aromatic heterocycles. The first-order valence-electron chi connectivity index (χ1n) is 10.3. The quantitative estimate of drug-likeness (QED) is 0.443. The van der Waals surface area contributed by atoms with E-state index >= 15 is 0 Å². The summed E-state index contributed by atoms with van der Waals surface area (Å²) in [5.41, 5.74) is 3.85. The zero-order valence-corrected chi connectivity index (χ0v) is 18.2. The zero-order valence-electron chi connectivity index (χ0n) is 18.2. The summed E-state index contributed by atoms with van der Waals surface area (Å²) in [6.07, 6.45) is -1.35. The molecule has 0 bridgehead atoms. The average Bonchev–Trinajstić information content (AvgIpc) is 3.53. The fourth-order valence-electron chi connectivity index (χ4n) is 3.73. The number of rotatable bonds is 8. The van der Waals surface area contributed by atoms with Gasteiger partial charge >= 0.3 is 183 Å². The molecule has 0 amide bonds. The van der Waals surface area contributed by atoms with Crippen molar-refractivity contribution < 1.29 is 13.2 Å². The molecule has 6 heteroatoms. The first kappa shape index (κ1) is 23.1. The van der Waals surface area contributed by atoms with Gasteiger partial charge in [-0.3, -0.25) is 0 Å². The van der Waals surface area contributed by atoms with Gasteiger partial charge in [-0.1, -0.05) is 0 Å². The Labute approximate surface area is 183 Å². The number of hydrogen-bond acceptors (Lipinski definition) is 2. The molecule has 161 valence electrons. The molecule has 1 aliphatic carbocycles. The van der Waals surface area contributed by atoms with Crippen molar-refractivity contribution in [2.75, 3.05) is 7.05 Å². The molecule has 1 fully saturated rings. The topological polar surface area (TPSA) is 24.1 Å². The molecule has 31 heavy (non-hydrogen) atoms. The fourth-order valence-corrected chi connectivity index (χ4v) is 3.73. The van der Waals surface area contributed by atoms with Crippen LogP contribution < -0.4 is 10.6 Å². The summed E-state index contributed by atoms with van der Waals surface area (Å²) in [4.78, 5) is 0. The Bertz CT molecular complexity index is 1030. The Morgan fingerprint density at radius 3 is 2.42 bits per heavy atom. The molecule has 1 saturated carbocycles. The van der Waals surface area contributed by atoms with E-state index in [-0.39, 0.29) is 0 Å². The van der Waals surface area contributed by atoms with Crippen LogP contribution in [0.25, 0.3) is 5.57 Å². The molecule has 2 aromatic rings. The van der Waals surface area contributed by atoms with E-state index in [4.69, 9.17) is 7.49 Å². The van der Waals surface area contributed by atoms with E-state index in [2.05, 4.69) is 17.2 Å². The second-order valence-corrected chi connectivity index (χ2v) is 8.12. The normalized spacial score (nSPS) is 15.8. The van der Waals surface area contributed by atoms with Gasteiger partial charge < -0.3 is 0 Å². The summed E-state index contributed by atoms with van der Waals surface area (Å²) >= 11 is 0. The van der Waals surface area contributed by atoms with Gasteiger partial charge in [-0.25, -0.2) is 0 Å². The second kappa shape index (κ2) is 8.87. The van der Waals surface area contributed by atoms with Gasteiger partial charge in [0.1, 0.15) is 0 Å². The van der Waals surface area contributed by atoms with E-state index in [1.165, 1.54) is 12.1 Å². The van der Waals surface area contributed by atoms with Crippen LogP contribution in [0.5, 0.6) is 0 Å². The molecule has 0 unspecified atom stereocenters. The number of halogens is 3. The third-order valence-electron chi connectivity index (χ3n) is 5.94. The monoisotopic (exact) mass is 423 g/mol. The Balaban J connectivity index is 2.02. The van der Waals surface area contributed by atoms with Crippen LogP contribution >= 0.6 is 0 Å². The maximum atomic E-state index is 13.7. The van der Waals surface area contributed by atoms with Crippen molar-refractivity contribution in [3.05, 3.63) is 88.5 Å². The van der Waals surface area contributed by atoms with Crippen LogP contribution in [0.1, 0.15) is 54.5 Å². The van der Waals surface area contributed by atoms with Crippen LogP contribution in [0.15, 0.2) is 60.7 Å². The predicted molar refractivity (Wildman–Crippen MR) is 123 cm³/mol. The van der Waals surface area contributed by atoms with Crippen molar-refractivity contribution in [2.24, 2.45) is 0 Å². The van der Waals surface area contributed by atoms with Crippen LogP contribution in [-0.4, -0.2) is 20.1 Å². The summed E-state index contributed by atoms with van der Waals surface area (Å²) in [7, 11) is 8.27. The molecule has 1 radical (unpaired) electrons. The van der Waals surface area contributed by atoms with Crippen LogP contribution in [0, 0.1) is 0 Å². The van der Waals surface area contributed by atoms with Crippen molar-refractivity contribution in [3.8, 4) is 0 Å². The number of nitrogens with one attached hydrogen (secondary N) is 2. The first-order chi connectivity index (χ1) is 14.6. The van der Waals surface area contributed by atoms with Gasteiger partial charge in [0.2, 0.25) is 0 Å². The minimum atomic E-state index is -4.43. The maximum absolute atomic E-state index is 13.7. The summed E-state index contributed by atoms with van der Waals surface area (Å²) in [6, 6.07) is 12.0. The molecule has 3 rings (SSSR count). The van der Waals surface area contributed by atoms with Crippen LogP contribution in [0.4, 0.5) is 13.2 Å². The SMILES string of the molecule is [B]=C(NC1(c2cc(/C(C)=C(\C)C=C)cc(C(F)(F)F)c2)CC1)c1ccccc1CNC. The molecule has 1 aliphatic rings.